The van der Waals surface area contributed by atoms with Crippen LogP contribution in [0, 0.1) is 12.8 Å². The molecule has 2 fully saturated rings. The minimum atomic E-state index is 0.0781. The Balaban J connectivity index is 1.50. The van der Waals surface area contributed by atoms with Crippen LogP contribution in [0.25, 0.3) is 0 Å². The predicted octanol–water partition coefficient (Wildman–Crippen LogP) is 1.99. The van der Waals surface area contributed by atoms with Crippen LogP contribution in [0.15, 0.2) is 18.2 Å². The lowest BCUT2D eigenvalue weighted by Gasteiger charge is -2.32. The second-order valence-corrected chi connectivity index (χ2v) is 6.08. The fourth-order valence-electron chi connectivity index (χ4n) is 2.77. The molecule has 0 aromatic carbocycles. The van der Waals surface area contributed by atoms with Gasteiger partial charge < -0.3 is 10.2 Å². The molecule has 1 aromatic heterocycles. The van der Waals surface area contributed by atoms with Crippen molar-refractivity contribution < 1.29 is 4.79 Å². The van der Waals surface area contributed by atoms with Gasteiger partial charge in [0.15, 0.2) is 0 Å². The number of pyridine rings is 1. The number of aromatic nitrogens is 1. The molecule has 1 saturated heterocycles. The summed E-state index contributed by atoms with van der Waals surface area (Å²) in [5.41, 5.74) is 1.48. The summed E-state index contributed by atoms with van der Waals surface area (Å²) in [6, 6.07) is 6.22. The summed E-state index contributed by atoms with van der Waals surface area (Å²) in [6.07, 6.45) is 4.90. The first-order chi connectivity index (χ1) is 9.72. The van der Waals surface area contributed by atoms with Crippen molar-refractivity contribution in [1.82, 2.24) is 15.2 Å². The molecule has 4 nitrogen and oxygen atoms in total. The molecular weight excluding hydrogens is 250 g/mol. The van der Waals surface area contributed by atoms with Crippen LogP contribution in [-0.4, -0.2) is 41.5 Å². The van der Waals surface area contributed by atoms with Gasteiger partial charge in [-0.3, -0.25) is 4.79 Å². The Labute approximate surface area is 120 Å². The molecule has 0 bridgehead atoms. The van der Waals surface area contributed by atoms with E-state index in [4.69, 9.17) is 0 Å². The lowest BCUT2D eigenvalue weighted by Crippen LogP contribution is -2.45. The maximum absolute atomic E-state index is 12.4. The first-order valence-electron chi connectivity index (χ1n) is 7.68. The molecule has 2 aliphatic rings. The van der Waals surface area contributed by atoms with Gasteiger partial charge in [0, 0.05) is 24.8 Å². The smallest absolute Gasteiger partial charge is 0.272 e. The SMILES string of the molecule is Cc1cccc(C(=O)N2CCC(NCC3CC3)CC2)n1. The van der Waals surface area contributed by atoms with Crippen molar-refractivity contribution in [1.29, 1.82) is 0 Å². The van der Waals surface area contributed by atoms with Crippen LogP contribution < -0.4 is 5.32 Å². The number of piperidine rings is 1. The fourth-order valence-corrected chi connectivity index (χ4v) is 2.77. The zero-order chi connectivity index (χ0) is 13.9. The highest BCUT2D eigenvalue weighted by Crippen LogP contribution is 2.28. The molecule has 1 aromatic rings. The molecule has 108 valence electrons. The van der Waals surface area contributed by atoms with Gasteiger partial charge in [-0.15, -0.1) is 0 Å². The summed E-state index contributed by atoms with van der Waals surface area (Å²) in [7, 11) is 0. The standard InChI is InChI=1S/C16H23N3O/c1-12-3-2-4-15(18-12)16(20)19-9-7-14(8-10-19)17-11-13-5-6-13/h2-4,13-14,17H,5-11H2,1H3. The number of nitrogens with zero attached hydrogens (tertiary/aromatic N) is 2. The summed E-state index contributed by atoms with van der Waals surface area (Å²) < 4.78 is 0. The topological polar surface area (TPSA) is 45.2 Å². The Kier molecular flexibility index (Phi) is 4.01. The van der Waals surface area contributed by atoms with E-state index in [1.165, 1.54) is 12.8 Å². The lowest BCUT2D eigenvalue weighted by atomic mass is 10.0. The number of likely N-dealkylation sites (tertiary alicyclic amines) is 1. The third-order valence-electron chi connectivity index (χ3n) is 4.28. The summed E-state index contributed by atoms with van der Waals surface area (Å²) >= 11 is 0. The second-order valence-electron chi connectivity index (χ2n) is 6.08. The second kappa shape index (κ2) is 5.92. The van der Waals surface area contributed by atoms with E-state index in [0.717, 1.165) is 44.1 Å². The minimum Gasteiger partial charge on any atom is -0.337 e. The van der Waals surface area contributed by atoms with Crippen LogP contribution in [0.2, 0.25) is 0 Å². The summed E-state index contributed by atoms with van der Waals surface area (Å²) in [5.74, 6) is 1.00. The van der Waals surface area contributed by atoms with E-state index >= 15 is 0 Å². The molecule has 0 radical (unpaired) electrons. The maximum Gasteiger partial charge on any atom is 0.272 e. The van der Waals surface area contributed by atoms with Gasteiger partial charge in [0.25, 0.3) is 5.91 Å². The van der Waals surface area contributed by atoms with Gasteiger partial charge in [-0.05, 0) is 57.2 Å². The zero-order valence-corrected chi connectivity index (χ0v) is 12.1. The maximum atomic E-state index is 12.4. The van der Waals surface area contributed by atoms with Crippen molar-refractivity contribution in [2.45, 2.75) is 38.6 Å². The summed E-state index contributed by atoms with van der Waals surface area (Å²) in [4.78, 5) is 18.6. The zero-order valence-electron chi connectivity index (χ0n) is 12.1. The Hall–Kier alpha value is -1.42. The fraction of sp³-hybridized carbons (Fsp3) is 0.625. The molecule has 0 atom stereocenters. The van der Waals surface area contributed by atoms with Gasteiger partial charge in [-0.2, -0.15) is 0 Å². The molecule has 1 aliphatic carbocycles. The summed E-state index contributed by atoms with van der Waals surface area (Å²) in [6.45, 7) is 4.77. The van der Waals surface area contributed by atoms with E-state index in [1.807, 2.05) is 30.0 Å². The highest BCUT2D eigenvalue weighted by Gasteiger charge is 2.26. The lowest BCUT2D eigenvalue weighted by molar-refractivity contribution is 0.0699. The van der Waals surface area contributed by atoms with E-state index < -0.39 is 0 Å². The third kappa shape index (κ3) is 3.37. The first kappa shape index (κ1) is 13.6. The van der Waals surface area contributed by atoms with Crippen molar-refractivity contribution in [2.75, 3.05) is 19.6 Å². The average molecular weight is 273 g/mol. The van der Waals surface area contributed by atoms with Crippen LogP contribution in [0.3, 0.4) is 0 Å². The van der Waals surface area contributed by atoms with Gasteiger partial charge in [0.05, 0.1) is 0 Å². The molecule has 1 aliphatic heterocycles. The first-order valence-corrected chi connectivity index (χ1v) is 7.68. The van der Waals surface area contributed by atoms with Gasteiger partial charge in [0.2, 0.25) is 0 Å². The monoisotopic (exact) mass is 273 g/mol. The molecule has 20 heavy (non-hydrogen) atoms. The highest BCUT2D eigenvalue weighted by molar-refractivity contribution is 5.92. The molecule has 1 saturated carbocycles. The van der Waals surface area contributed by atoms with Crippen LogP contribution in [-0.2, 0) is 0 Å². The van der Waals surface area contributed by atoms with E-state index in [9.17, 15) is 4.79 Å². The van der Waals surface area contributed by atoms with Crippen molar-refractivity contribution in [2.24, 2.45) is 5.92 Å². The average Bonchev–Trinajstić information content (AvgIpc) is 3.29. The van der Waals surface area contributed by atoms with Crippen molar-refractivity contribution >= 4 is 5.91 Å². The molecular formula is C16H23N3O. The van der Waals surface area contributed by atoms with Gasteiger partial charge in [-0.1, -0.05) is 6.07 Å². The Morgan fingerprint density at radius 2 is 2.05 bits per heavy atom. The van der Waals surface area contributed by atoms with E-state index in [0.29, 0.717) is 11.7 Å². The van der Waals surface area contributed by atoms with Crippen molar-refractivity contribution in [3.63, 3.8) is 0 Å². The largest absolute Gasteiger partial charge is 0.337 e. The van der Waals surface area contributed by atoms with Crippen LogP contribution >= 0.6 is 0 Å². The van der Waals surface area contributed by atoms with Gasteiger partial charge >= 0.3 is 0 Å². The normalized spacial score (nSPS) is 20.1. The van der Waals surface area contributed by atoms with Crippen LogP contribution in [0.5, 0.6) is 0 Å². The van der Waals surface area contributed by atoms with Crippen molar-refractivity contribution in [3.8, 4) is 0 Å². The molecule has 2 heterocycles. The predicted molar refractivity (Wildman–Crippen MR) is 78.6 cm³/mol. The number of hydrogen-bond donors (Lipinski definition) is 1. The number of aryl methyl sites for hydroxylation is 1. The Morgan fingerprint density at radius 1 is 1.30 bits per heavy atom. The van der Waals surface area contributed by atoms with Crippen LogP contribution in [0.4, 0.5) is 0 Å². The molecule has 0 spiro atoms. The molecule has 1 amide bonds. The van der Waals surface area contributed by atoms with E-state index in [-0.39, 0.29) is 5.91 Å². The quantitative estimate of drug-likeness (QED) is 0.912. The number of amides is 1. The number of nitrogens with one attached hydrogen (secondary N) is 1. The number of hydrogen-bond acceptors (Lipinski definition) is 3. The number of carbonyl (C=O) groups excluding carboxylic acids is 1. The van der Waals surface area contributed by atoms with Crippen molar-refractivity contribution in [3.05, 3.63) is 29.6 Å². The van der Waals surface area contributed by atoms with E-state index in [2.05, 4.69) is 10.3 Å². The Morgan fingerprint density at radius 3 is 2.70 bits per heavy atom. The number of carbonyl (C=O) groups is 1. The van der Waals surface area contributed by atoms with Gasteiger partial charge in [0.1, 0.15) is 5.69 Å². The van der Waals surface area contributed by atoms with E-state index in [1.54, 1.807) is 0 Å². The summed E-state index contributed by atoms with van der Waals surface area (Å²) in [5, 5.41) is 3.64. The molecule has 3 rings (SSSR count). The third-order valence-corrected chi connectivity index (χ3v) is 4.28. The van der Waals surface area contributed by atoms with Gasteiger partial charge in [-0.25, -0.2) is 4.98 Å². The molecule has 0 unspecified atom stereocenters. The molecule has 4 heteroatoms. The Bertz CT molecular complexity index is 476. The van der Waals surface area contributed by atoms with Crippen LogP contribution in [0.1, 0.15) is 41.9 Å². The highest BCUT2D eigenvalue weighted by atomic mass is 16.2. The number of rotatable bonds is 4. The minimum absolute atomic E-state index is 0.0781. The molecule has 1 N–H and O–H groups in total.